The van der Waals surface area contributed by atoms with E-state index in [-0.39, 0.29) is 6.61 Å². The van der Waals surface area contributed by atoms with Gasteiger partial charge in [-0.1, -0.05) is 30.3 Å². The van der Waals surface area contributed by atoms with Gasteiger partial charge < -0.3 is 4.74 Å². The summed E-state index contributed by atoms with van der Waals surface area (Å²) in [5, 5.41) is 0. The molecule has 0 amide bonds. The van der Waals surface area contributed by atoms with Gasteiger partial charge >= 0.3 is 11.5 Å². The maximum Gasteiger partial charge on any atom is 0.446 e. The molecule has 0 N–H and O–H groups in total. The van der Waals surface area contributed by atoms with Gasteiger partial charge in [0.1, 0.15) is 4.91 Å². The van der Waals surface area contributed by atoms with Gasteiger partial charge in [-0.3, -0.25) is 0 Å². The fourth-order valence-electron chi connectivity index (χ4n) is 1.16. The first-order valence-electron chi connectivity index (χ1n) is 5.12. The molecule has 0 aliphatic carbocycles. The number of benzene rings is 1. The van der Waals surface area contributed by atoms with Crippen molar-refractivity contribution in [3.8, 4) is 0 Å². The maximum absolute atomic E-state index is 12.3. The molecule has 0 spiro atoms. The molecule has 0 heterocycles. The van der Waals surface area contributed by atoms with Gasteiger partial charge in [0.15, 0.2) is 0 Å². The fraction of sp³-hybridized carbons (Fsp3) is 0.250. The molecule has 1 aromatic rings. The van der Waals surface area contributed by atoms with E-state index >= 15 is 0 Å². The average Bonchev–Trinajstić information content (AvgIpc) is 2.28. The van der Waals surface area contributed by atoms with E-state index in [1.165, 1.54) is 6.92 Å². The summed E-state index contributed by atoms with van der Waals surface area (Å²) in [6, 6.07) is 8.30. The summed E-state index contributed by atoms with van der Waals surface area (Å²) >= 11 is -0.469. The highest BCUT2D eigenvalue weighted by molar-refractivity contribution is 8.04. The van der Waals surface area contributed by atoms with E-state index in [1.807, 2.05) is 0 Å². The van der Waals surface area contributed by atoms with Crippen LogP contribution in [0.5, 0.6) is 0 Å². The van der Waals surface area contributed by atoms with Crippen molar-refractivity contribution in [2.24, 2.45) is 0 Å². The first-order valence-corrected chi connectivity index (χ1v) is 5.93. The molecule has 18 heavy (non-hydrogen) atoms. The van der Waals surface area contributed by atoms with E-state index in [4.69, 9.17) is 0 Å². The van der Waals surface area contributed by atoms with E-state index < -0.39 is 28.1 Å². The number of carbonyl (C=O) groups is 1. The van der Waals surface area contributed by atoms with Crippen molar-refractivity contribution >= 4 is 23.8 Å². The third kappa shape index (κ3) is 5.27. The molecule has 0 fully saturated rings. The highest BCUT2D eigenvalue weighted by atomic mass is 32.2. The zero-order valence-electron chi connectivity index (χ0n) is 9.53. The molecule has 0 saturated carbocycles. The Hall–Kier alpha value is -1.43. The van der Waals surface area contributed by atoms with E-state index in [2.05, 4.69) is 4.74 Å². The van der Waals surface area contributed by atoms with E-state index in [0.717, 1.165) is 6.08 Å². The Balaban J connectivity index is 2.97. The molecular formula is C12H11F3O2S. The second kappa shape index (κ2) is 6.49. The molecule has 2 nitrogen and oxygen atoms in total. The number of alkyl halides is 3. The Kier molecular flexibility index (Phi) is 5.27. The van der Waals surface area contributed by atoms with Crippen molar-refractivity contribution < 1.29 is 22.7 Å². The molecule has 0 saturated heterocycles. The second-order valence-corrected chi connectivity index (χ2v) is 4.29. The number of carbonyl (C=O) groups excluding carboxylic acids is 1. The van der Waals surface area contributed by atoms with Crippen LogP contribution < -0.4 is 0 Å². The minimum atomic E-state index is -4.52. The van der Waals surface area contributed by atoms with Crippen molar-refractivity contribution in [2.75, 3.05) is 6.61 Å². The van der Waals surface area contributed by atoms with Crippen LogP contribution in [-0.4, -0.2) is 18.1 Å². The number of rotatable bonds is 4. The summed E-state index contributed by atoms with van der Waals surface area (Å²) < 4.78 is 41.6. The van der Waals surface area contributed by atoms with Gasteiger partial charge in [-0.2, -0.15) is 13.2 Å². The summed E-state index contributed by atoms with van der Waals surface area (Å²) in [6.45, 7) is 1.57. The van der Waals surface area contributed by atoms with Crippen LogP contribution in [0.2, 0.25) is 0 Å². The SMILES string of the molecule is CCOC(=O)C(=Cc1ccccc1)SC(F)(F)F. The monoisotopic (exact) mass is 276 g/mol. The first-order chi connectivity index (χ1) is 8.42. The number of ether oxygens (including phenoxy) is 1. The van der Waals surface area contributed by atoms with Gasteiger partial charge in [0.2, 0.25) is 0 Å². The lowest BCUT2D eigenvalue weighted by Crippen LogP contribution is -2.10. The third-order valence-electron chi connectivity index (χ3n) is 1.80. The zero-order chi connectivity index (χ0) is 13.6. The highest BCUT2D eigenvalue weighted by Crippen LogP contribution is 2.37. The topological polar surface area (TPSA) is 26.3 Å². The van der Waals surface area contributed by atoms with Crippen LogP contribution >= 0.6 is 11.8 Å². The van der Waals surface area contributed by atoms with E-state index in [1.54, 1.807) is 30.3 Å². The van der Waals surface area contributed by atoms with Crippen LogP contribution in [0.15, 0.2) is 35.2 Å². The first kappa shape index (κ1) is 14.6. The molecule has 1 aromatic carbocycles. The van der Waals surface area contributed by atoms with Gasteiger partial charge in [0, 0.05) is 0 Å². The largest absolute Gasteiger partial charge is 0.462 e. The van der Waals surface area contributed by atoms with E-state index in [9.17, 15) is 18.0 Å². The maximum atomic E-state index is 12.3. The van der Waals surface area contributed by atoms with Crippen LogP contribution in [-0.2, 0) is 9.53 Å². The van der Waals surface area contributed by atoms with Crippen LogP contribution in [0.4, 0.5) is 13.2 Å². The Morgan fingerprint density at radius 3 is 2.44 bits per heavy atom. The summed E-state index contributed by atoms with van der Waals surface area (Å²) in [5.41, 5.74) is -4.01. The predicted octanol–water partition coefficient (Wildman–Crippen LogP) is 3.84. The Morgan fingerprint density at radius 2 is 1.94 bits per heavy atom. The van der Waals surface area contributed by atoms with Crippen LogP contribution in [0, 0.1) is 0 Å². The summed E-state index contributed by atoms with van der Waals surface area (Å²) in [6.07, 6.45) is 1.16. The van der Waals surface area contributed by atoms with Crippen molar-refractivity contribution in [3.05, 3.63) is 40.8 Å². The molecule has 0 atom stereocenters. The number of esters is 1. The van der Waals surface area contributed by atoms with Crippen molar-refractivity contribution in [3.63, 3.8) is 0 Å². The van der Waals surface area contributed by atoms with Gasteiger partial charge in [-0.05, 0) is 30.3 Å². The number of halogens is 3. The minimum absolute atomic E-state index is 0.0311. The number of thioether (sulfide) groups is 1. The van der Waals surface area contributed by atoms with Gasteiger partial charge in [0.05, 0.1) is 6.61 Å². The van der Waals surface area contributed by atoms with Crippen LogP contribution in [0.3, 0.4) is 0 Å². The quantitative estimate of drug-likeness (QED) is 0.617. The molecule has 0 unspecified atom stereocenters. The molecule has 6 heteroatoms. The molecule has 0 bridgehead atoms. The lowest BCUT2D eigenvalue weighted by atomic mass is 10.2. The Bertz CT molecular complexity index is 427. The van der Waals surface area contributed by atoms with Crippen LogP contribution in [0.1, 0.15) is 12.5 Å². The normalized spacial score (nSPS) is 12.3. The van der Waals surface area contributed by atoms with Crippen molar-refractivity contribution in [1.82, 2.24) is 0 Å². The molecule has 0 radical (unpaired) electrons. The van der Waals surface area contributed by atoms with Crippen LogP contribution in [0.25, 0.3) is 6.08 Å². The fourth-order valence-corrected chi connectivity index (χ4v) is 1.74. The molecular weight excluding hydrogens is 265 g/mol. The minimum Gasteiger partial charge on any atom is -0.462 e. The number of hydrogen-bond acceptors (Lipinski definition) is 3. The van der Waals surface area contributed by atoms with E-state index in [0.29, 0.717) is 5.56 Å². The number of hydrogen-bond donors (Lipinski definition) is 0. The summed E-state index contributed by atoms with van der Waals surface area (Å²) in [5.74, 6) is -0.969. The molecule has 0 aromatic heterocycles. The standard InChI is InChI=1S/C12H11F3O2S/c1-2-17-11(16)10(18-12(13,14)15)8-9-6-4-3-5-7-9/h3-8H,2H2,1H3. The lowest BCUT2D eigenvalue weighted by Gasteiger charge is -2.09. The molecule has 0 aliphatic rings. The average molecular weight is 276 g/mol. The molecule has 98 valence electrons. The lowest BCUT2D eigenvalue weighted by molar-refractivity contribution is -0.137. The molecule has 1 rings (SSSR count). The second-order valence-electron chi connectivity index (χ2n) is 3.19. The zero-order valence-corrected chi connectivity index (χ0v) is 10.3. The van der Waals surface area contributed by atoms with Gasteiger partial charge in [0.25, 0.3) is 0 Å². The van der Waals surface area contributed by atoms with Gasteiger partial charge in [-0.15, -0.1) is 0 Å². The highest BCUT2D eigenvalue weighted by Gasteiger charge is 2.33. The summed E-state index contributed by atoms with van der Waals surface area (Å²) in [7, 11) is 0. The van der Waals surface area contributed by atoms with Crippen molar-refractivity contribution in [2.45, 2.75) is 12.4 Å². The Labute approximate surface area is 107 Å². The summed E-state index contributed by atoms with van der Waals surface area (Å²) in [4.78, 5) is 10.9. The third-order valence-corrected chi connectivity index (χ3v) is 2.54. The predicted molar refractivity (Wildman–Crippen MR) is 64.7 cm³/mol. The smallest absolute Gasteiger partial charge is 0.446 e. The Morgan fingerprint density at radius 1 is 1.33 bits per heavy atom. The molecule has 0 aliphatic heterocycles. The van der Waals surface area contributed by atoms with Crippen molar-refractivity contribution in [1.29, 1.82) is 0 Å². The van der Waals surface area contributed by atoms with Gasteiger partial charge in [-0.25, -0.2) is 4.79 Å².